The van der Waals surface area contributed by atoms with Gasteiger partial charge in [0, 0.05) is 33.8 Å². The van der Waals surface area contributed by atoms with Crippen LogP contribution in [0.25, 0.3) is 0 Å². The molecule has 0 aliphatic rings. The summed E-state index contributed by atoms with van der Waals surface area (Å²) < 4.78 is 0. The van der Waals surface area contributed by atoms with Gasteiger partial charge in [-0.2, -0.15) is 0 Å². The molecule has 0 fully saturated rings. The molecular weight excluding hydrogens is 195 g/mol. The van der Waals surface area contributed by atoms with Gasteiger partial charge in [0.2, 0.25) is 0 Å². The fraction of sp³-hybridized carbons (Fsp3) is 0. The standard InChI is InChI=1S/BH3.Co.Fe.Ga.3H/h1H3;;;;;;. The summed E-state index contributed by atoms with van der Waals surface area (Å²) in [6.07, 6.45) is 0. The molecule has 0 aromatic carbocycles. The van der Waals surface area contributed by atoms with Gasteiger partial charge in [-0.15, -0.1) is 0 Å². The van der Waals surface area contributed by atoms with Crippen LogP contribution in [0.5, 0.6) is 0 Å². The normalized spacial score (nSPS) is 0. The van der Waals surface area contributed by atoms with Crippen molar-refractivity contribution in [3.05, 3.63) is 0 Å². The average Bonchev–Trinajstić information content (AvgIpc) is 0. The Balaban J connectivity index is 0. The molecular formula is H6BCoFeGa. The SMILES string of the molecule is B.[Co].[Fe].[GaH3]. The summed E-state index contributed by atoms with van der Waals surface area (Å²) in [5.74, 6) is 0. The van der Waals surface area contributed by atoms with E-state index in [1.807, 2.05) is 0 Å². The molecule has 1 radical (unpaired) electrons. The molecule has 0 nitrogen and oxygen atoms in total. The van der Waals surface area contributed by atoms with Crippen LogP contribution >= 0.6 is 0 Å². The summed E-state index contributed by atoms with van der Waals surface area (Å²) in [5, 5.41) is 0. The molecule has 0 aromatic rings. The van der Waals surface area contributed by atoms with E-state index in [-0.39, 0.29) is 62.1 Å². The van der Waals surface area contributed by atoms with Crippen molar-refractivity contribution < 1.29 is 33.8 Å². The second-order valence-electron chi connectivity index (χ2n) is 0. The van der Waals surface area contributed by atoms with E-state index in [1.54, 1.807) is 0 Å². The first kappa shape index (κ1) is 42.9. The molecule has 4 heavy (non-hydrogen) atoms. The third-order valence-corrected chi connectivity index (χ3v) is 0. The van der Waals surface area contributed by atoms with Gasteiger partial charge in [0.1, 0.15) is 0 Å². The van der Waals surface area contributed by atoms with E-state index >= 15 is 0 Å². The molecule has 0 unspecified atom stereocenters. The van der Waals surface area contributed by atoms with Gasteiger partial charge in [0.25, 0.3) is 0 Å². The topological polar surface area (TPSA) is 0 Å². The van der Waals surface area contributed by atoms with E-state index in [9.17, 15) is 0 Å². The van der Waals surface area contributed by atoms with Gasteiger partial charge >= 0.3 is 19.8 Å². The van der Waals surface area contributed by atoms with E-state index in [0.717, 1.165) is 0 Å². The summed E-state index contributed by atoms with van der Waals surface area (Å²) in [6.45, 7) is 0. The molecule has 4 heteroatoms. The molecule has 0 saturated carbocycles. The number of hydrogen-bond donors (Lipinski definition) is 0. The maximum absolute atomic E-state index is 0. The molecule has 0 atom stereocenters. The van der Waals surface area contributed by atoms with Crippen LogP contribution in [0.2, 0.25) is 0 Å². The second-order valence-corrected chi connectivity index (χ2v) is 0. The summed E-state index contributed by atoms with van der Waals surface area (Å²) in [7, 11) is 0. The molecule has 0 rings (SSSR count). The molecule has 0 N–H and O–H groups in total. The minimum atomic E-state index is 0. The van der Waals surface area contributed by atoms with Crippen molar-refractivity contribution in [1.82, 2.24) is 0 Å². The fourth-order valence-electron chi connectivity index (χ4n) is 0. The van der Waals surface area contributed by atoms with Crippen LogP contribution in [-0.4, -0.2) is 28.2 Å². The zero-order valence-corrected chi connectivity index (χ0v) is 2.83. The quantitative estimate of drug-likeness (QED) is 0.384. The van der Waals surface area contributed by atoms with Crippen molar-refractivity contribution in [2.75, 3.05) is 0 Å². The van der Waals surface area contributed by atoms with Crippen molar-refractivity contribution in [2.45, 2.75) is 0 Å². The predicted octanol–water partition coefficient (Wildman–Crippen LogP) is -2.37. The van der Waals surface area contributed by atoms with Gasteiger partial charge in [-0.05, 0) is 0 Å². The van der Waals surface area contributed by atoms with Crippen LogP contribution in [0.4, 0.5) is 0 Å². The first-order chi connectivity index (χ1) is 0. The number of rotatable bonds is 0. The molecule has 29 valence electrons. The van der Waals surface area contributed by atoms with E-state index in [1.165, 1.54) is 0 Å². The molecule has 0 aliphatic carbocycles. The molecule has 0 bridgehead atoms. The van der Waals surface area contributed by atoms with Gasteiger partial charge in [0.05, 0.1) is 8.41 Å². The monoisotopic (exact) mass is 201 g/mol. The molecule has 0 saturated heterocycles. The third kappa shape index (κ3) is 9.29. The van der Waals surface area contributed by atoms with Crippen molar-refractivity contribution in [3.63, 3.8) is 0 Å². The molecule has 0 amide bonds. The Morgan fingerprint density at radius 3 is 1.00 bits per heavy atom. The molecule has 0 heterocycles. The van der Waals surface area contributed by atoms with Crippen LogP contribution in [0.1, 0.15) is 0 Å². The zero-order valence-electron chi connectivity index (χ0n) is 0.687. The first-order valence-corrected chi connectivity index (χ1v) is 0. The Bertz CT molecular complexity index is 8.00. The Kier molecular flexibility index (Phi) is 236. The van der Waals surface area contributed by atoms with Crippen LogP contribution in [0, 0.1) is 0 Å². The van der Waals surface area contributed by atoms with E-state index < -0.39 is 0 Å². The summed E-state index contributed by atoms with van der Waals surface area (Å²) >= 11 is 0. The van der Waals surface area contributed by atoms with E-state index in [2.05, 4.69) is 0 Å². The van der Waals surface area contributed by atoms with E-state index in [0.29, 0.717) is 0 Å². The average molecular weight is 201 g/mol. The summed E-state index contributed by atoms with van der Waals surface area (Å²) in [5.41, 5.74) is 0. The predicted molar refractivity (Wildman–Crippen MR) is 19.9 cm³/mol. The van der Waals surface area contributed by atoms with Crippen molar-refractivity contribution in [3.8, 4) is 0 Å². The van der Waals surface area contributed by atoms with Gasteiger partial charge in [-0.25, -0.2) is 0 Å². The minimum absolute atomic E-state index is 0. The Hall–Kier alpha value is 1.73. The van der Waals surface area contributed by atoms with Crippen molar-refractivity contribution >= 4 is 28.2 Å². The summed E-state index contributed by atoms with van der Waals surface area (Å²) in [6, 6.07) is 0. The number of hydrogen-bond acceptors (Lipinski definition) is 0. The fourth-order valence-corrected chi connectivity index (χ4v) is 0. The van der Waals surface area contributed by atoms with Crippen LogP contribution in [-0.2, 0) is 33.8 Å². The van der Waals surface area contributed by atoms with Crippen molar-refractivity contribution in [1.29, 1.82) is 0 Å². The van der Waals surface area contributed by atoms with Crippen LogP contribution in [0.15, 0.2) is 0 Å². The van der Waals surface area contributed by atoms with Crippen molar-refractivity contribution in [2.24, 2.45) is 0 Å². The molecule has 0 aromatic heterocycles. The maximum atomic E-state index is 0. The van der Waals surface area contributed by atoms with Gasteiger partial charge in [-0.1, -0.05) is 0 Å². The van der Waals surface area contributed by atoms with E-state index in [4.69, 9.17) is 0 Å². The molecule has 0 spiro atoms. The van der Waals surface area contributed by atoms with Gasteiger partial charge < -0.3 is 0 Å². The first-order valence-electron chi connectivity index (χ1n) is 0. The van der Waals surface area contributed by atoms with Crippen LogP contribution in [0.3, 0.4) is 0 Å². The van der Waals surface area contributed by atoms with Gasteiger partial charge in [-0.3, -0.25) is 0 Å². The Morgan fingerprint density at radius 1 is 1.00 bits per heavy atom. The second kappa shape index (κ2) is 22.0. The zero-order chi connectivity index (χ0) is 0. The van der Waals surface area contributed by atoms with Gasteiger partial charge in [0.15, 0.2) is 0 Å². The Labute approximate surface area is 61.8 Å². The van der Waals surface area contributed by atoms with Crippen LogP contribution < -0.4 is 0 Å². The molecule has 0 aliphatic heterocycles. The Morgan fingerprint density at radius 2 is 1.00 bits per heavy atom. The summed E-state index contributed by atoms with van der Waals surface area (Å²) in [4.78, 5) is 0. The third-order valence-electron chi connectivity index (χ3n) is 0.